The molecule has 180 valence electrons. The van der Waals surface area contributed by atoms with Gasteiger partial charge in [-0.05, 0) is 36.4 Å². The van der Waals surface area contributed by atoms with E-state index < -0.39 is 0 Å². The van der Waals surface area contributed by atoms with Gasteiger partial charge in [0.15, 0.2) is 0 Å². The van der Waals surface area contributed by atoms with Crippen LogP contribution in [0.2, 0.25) is 0 Å². The van der Waals surface area contributed by atoms with Crippen molar-refractivity contribution in [1.82, 2.24) is 4.98 Å². The Balaban J connectivity index is 1.53. The van der Waals surface area contributed by atoms with E-state index in [1.165, 1.54) is 0 Å². The van der Waals surface area contributed by atoms with E-state index in [9.17, 15) is 0 Å². The van der Waals surface area contributed by atoms with Gasteiger partial charge in [0.05, 0.1) is 5.69 Å². The van der Waals surface area contributed by atoms with Gasteiger partial charge in [-0.25, -0.2) is 4.98 Å². The summed E-state index contributed by atoms with van der Waals surface area (Å²) in [4.78, 5) is 5.21. The molecule has 0 unspecified atom stereocenters. The van der Waals surface area contributed by atoms with Gasteiger partial charge in [0.2, 0.25) is 16.7 Å². The first kappa shape index (κ1) is 22.0. The Morgan fingerprint density at radius 2 is 1.08 bits per heavy atom. The molecule has 1 heterocycles. The molecular formula is C34H25N4+. The summed E-state index contributed by atoms with van der Waals surface area (Å²) in [6.45, 7) is 0. The van der Waals surface area contributed by atoms with Gasteiger partial charge in [0, 0.05) is 52.1 Å². The molecule has 0 saturated heterocycles. The molecule has 2 N–H and O–H groups in total. The number of fused-ring (bicyclic) bond motifs is 4. The minimum Gasteiger partial charge on any atom is -0.355 e. The van der Waals surface area contributed by atoms with Crippen LogP contribution in [0.3, 0.4) is 0 Å². The predicted molar refractivity (Wildman–Crippen MR) is 158 cm³/mol. The Bertz CT molecular complexity index is 1900. The number of benzene rings is 6. The van der Waals surface area contributed by atoms with E-state index in [2.05, 4.69) is 118 Å². The minimum atomic E-state index is 0.939. The van der Waals surface area contributed by atoms with Crippen LogP contribution in [0.4, 0.5) is 22.7 Å². The number of hydrogen-bond donors (Lipinski definition) is 2. The van der Waals surface area contributed by atoms with Gasteiger partial charge in [0.1, 0.15) is 11.0 Å². The Morgan fingerprint density at radius 1 is 0.474 bits per heavy atom. The molecule has 0 fully saturated rings. The van der Waals surface area contributed by atoms with Gasteiger partial charge in [0.25, 0.3) is 0 Å². The number of rotatable bonds is 5. The van der Waals surface area contributed by atoms with Crippen molar-refractivity contribution in [1.29, 1.82) is 0 Å². The average molecular weight is 490 g/mol. The van der Waals surface area contributed by atoms with Crippen LogP contribution >= 0.6 is 0 Å². The van der Waals surface area contributed by atoms with Crippen molar-refractivity contribution in [2.45, 2.75) is 0 Å². The molecule has 6 aromatic carbocycles. The summed E-state index contributed by atoms with van der Waals surface area (Å²) in [6, 6.07) is 48.1. The van der Waals surface area contributed by atoms with Crippen LogP contribution in [0.15, 0.2) is 140 Å². The zero-order valence-electron chi connectivity index (χ0n) is 20.7. The van der Waals surface area contributed by atoms with E-state index in [1.54, 1.807) is 0 Å². The molecule has 4 heteroatoms. The molecule has 0 amide bonds. The van der Waals surface area contributed by atoms with Gasteiger partial charge < -0.3 is 10.6 Å². The maximum atomic E-state index is 5.21. The van der Waals surface area contributed by atoms with Crippen LogP contribution in [0.25, 0.3) is 38.5 Å². The van der Waals surface area contributed by atoms with Crippen LogP contribution in [0, 0.1) is 0 Å². The summed E-state index contributed by atoms with van der Waals surface area (Å²) in [5, 5.41) is 9.45. The van der Waals surface area contributed by atoms with Crippen LogP contribution in [0.5, 0.6) is 0 Å². The Hall–Kier alpha value is -5.22. The minimum absolute atomic E-state index is 0.939. The standard InChI is InChI=1S/C34H24N4/c1-4-12-24(13-5-1)35-26-20-21-30-32(22-26)38(27-16-8-3-9-17-27)33-23-31(36-25-14-6-2-7-15-25)28-18-10-11-19-29(28)34(33)37-30/h1-23H,(H,35,36)/p+1. The zero-order chi connectivity index (χ0) is 25.3. The van der Waals surface area contributed by atoms with Gasteiger partial charge in [-0.15, -0.1) is 4.57 Å². The first-order valence-electron chi connectivity index (χ1n) is 12.7. The molecule has 0 spiro atoms. The Kier molecular flexibility index (Phi) is 5.41. The number of hydrogen-bond acceptors (Lipinski definition) is 3. The molecule has 0 atom stereocenters. The van der Waals surface area contributed by atoms with Gasteiger partial charge in [-0.2, -0.15) is 0 Å². The van der Waals surface area contributed by atoms with Crippen LogP contribution in [0.1, 0.15) is 0 Å². The molecular weight excluding hydrogens is 464 g/mol. The summed E-state index contributed by atoms with van der Waals surface area (Å²) >= 11 is 0. The fourth-order valence-electron chi connectivity index (χ4n) is 5.08. The highest BCUT2D eigenvalue weighted by Crippen LogP contribution is 2.33. The average Bonchev–Trinajstić information content (AvgIpc) is 2.98. The van der Waals surface area contributed by atoms with E-state index in [4.69, 9.17) is 4.98 Å². The lowest BCUT2D eigenvalue weighted by molar-refractivity contribution is -0.538. The highest BCUT2D eigenvalue weighted by Gasteiger charge is 2.23. The lowest BCUT2D eigenvalue weighted by atomic mass is 10.0. The van der Waals surface area contributed by atoms with E-state index in [1.807, 2.05) is 36.4 Å². The second-order valence-electron chi connectivity index (χ2n) is 9.31. The summed E-state index contributed by atoms with van der Waals surface area (Å²) < 4.78 is 2.32. The first-order valence-corrected chi connectivity index (χ1v) is 12.7. The molecule has 7 aromatic rings. The van der Waals surface area contributed by atoms with Crippen molar-refractivity contribution < 1.29 is 4.57 Å². The van der Waals surface area contributed by atoms with E-state index >= 15 is 0 Å². The molecule has 1 aromatic heterocycles. The Morgan fingerprint density at radius 3 is 1.79 bits per heavy atom. The smallest absolute Gasteiger partial charge is 0.240 e. The molecule has 0 radical (unpaired) electrons. The topological polar surface area (TPSA) is 40.8 Å². The van der Waals surface area contributed by atoms with Crippen molar-refractivity contribution in [3.8, 4) is 5.69 Å². The van der Waals surface area contributed by atoms with Crippen molar-refractivity contribution in [3.63, 3.8) is 0 Å². The van der Waals surface area contributed by atoms with Crippen molar-refractivity contribution in [2.24, 2.45) is 0 Å². The third-order valence-electron chi connectivity index (χ3n) is 6.82. The summed E-state index contributed by atoms with van der Waals surface area (Å²) in [5.41, 5.74) is 9.22. The summed E-state index contributed by atoms with van der Waals surface area (Å²) in [6.07, 6.45) is 0. The maximum absolute atomic E-state index is 5.21. The SMILES string of the molecule is c1ccc(Nc2ccc3nc4c5ccccc5c(Nc5ccccc5)cc4[n+](-c4ccccc4)c3c2)cc1. The summed E-state index contributed by atoms with van der Waals surface area (Å²) in [5.74, 6) is 0. The van der Waals surface area contributed by atoms with Crippen molar-refractivity contribution in [3.05, 3.63) is 140 Å². The molecule has 0 aliphatic heterocycles. The third kappa shape index (κ3) is 3.98. The van der Waals surface area contributed by atoms with Crippen LogP contribution < -0.4 is 15.2 Å². The molecule has 0 saturated carbocycles. The highest BCUT2D eigenvalue weighted by atomic mass is 15.0. The molecule has 0 bridgehead atoms. The number of aromatic nitrogens is 2. The van der Waals surface area contributed by atoms with E-state index in [0.29, 0.717) is 0 Å². The van der Waals surface area contributed by atoms with E-state index in [0.717, 1.165) is 61.3 Å². The molecule has 38 heavy (non-hydrogen) atoms. The number of nitrogens with one attached hydrogen (secondary N) is 2. The molecule has 0 aliphatic carbocycles. The van der Waals surface area contributed by atoms with Crippen LogP contribution in [-0.2, 0) is 0 Å². The second-order valence-corrected chi connectivity index (χ2v) is 9.31. The molecule has 0 aliphatic rings. The van der Waals surface area contributed by atoms with Gasteiger partial charge >= 0.3 is 0 Å². The molecule has 7 rings (SSSR count). The number of anilines is 4. The lowest BCUT2D eigenvalue weighted by Gasteiger charge is -2.13. The van der Waals surface area contributed by atoms with Crippen LogP contribution in [-0.4, -0.2) is 4.98 Å². The highest BCUT2D eigenvalue weighted by molar-refractivity contribution is 6.11. The van der Waals surface area contributed by atoms with Crippen molar-refractivity contribution >= 4 is 55.6 Å². The molecule has 4 nitrogen and oxygen atoms in total. The number of para-hydroxylation sites is 3. The van der Waals surface area contributed by atoms with E-state index in [-0.39, 0.29) is 0 Å². The van der Waals surface area contributed by atoms with Crippen molar-refractivity contribution in [2.75, 3.05) is 10.6 Å². The largest absolute Gasteiger partial charge is 0.355 e. The summed E-state index contributed by atoms with van der Waals surface area (Å²) in [7, 11) is 0. The normalized spacial score (nSPS) is 11.2. The fraction of sp³-hybridized carbons (Fsp3) is 0. The Labute approximate surface area is 220 Å². The number of nitrogens with zero attached hydrogens (tertiary/aromatic N) is 2. The quantitative estimate of drug-likeness (QED) is 0.145. The van der Waals surface area contributed by atoms with Gasteiger partial charge in [-0.1, -0.05) is 78.9 Å². The monoisotopic (exact) mass is 489 g/mol. The van der Waals surface area contributed by atoms with Gasteiger partial charge in [-0.3, -0.25) is 0 Å². The maximum Gasteiger partial charge on any atom is 0.240 e. The predicted octanol–water partition coefficient (Wildman–Crippen LogP) is 8.31. The fourth-order valence-corrected chi connectivity index (χ4v) is 5.08. The first-order chi connectivity index (χ1) is 18.8. The zero-order valence-corrected chi connectivity index (χ0v) is 20.7. The lowest BCUT2D eigenvalue weighted by Crippen LogP contribution is -2.33. The third-order valence-corrected chi connectivity index (χ3v) is 6.82. The second kappa shape index (κ2) is 9.34.